The predicted molar refractivity (Wildman–Crippen MR) is 110 cm³/mol. The van der Waals surface area contributed by atoms with Crippen LogP contribution < -0.4 is 16.4 Å². The zero-order valence-electron chi connectivity index (χ0n) is 16.6. The Morgan fingerprint density at radius 1 is 1.29 bits per heavy atom. The van der Waals surface area contributed by atoms with E-state index in [1.165, 1.54) is 0 Å². The number of amides is 1. The molecule has 6 nitrogen and oxygen atoms in total. The highest BCUT2D eigenvalue weighted by Crippen LogP contribution is 2.24. The quantitative estimate of drug-likeness (QED) is 0.634. The largest absolute Gasteiger partial charge is 0.481 e. The van der Waals surface area contributed by atoms with E-state index in [9.17, 15) is 9.59 Å². The van der Waals surface area contributed by atoms with E-state index in [-0.39, 0.29) is 12.3 Å². The first-order valence-corrected chi connectivity index (χ1v) is 9.85. The molecule has 1 aromatic heterocycles. The SMILES string of the molecule is CC/C=c1/nc(C2C=CC=CC2)c(CCCCC(=O)O)n/c1=C/C(C)C(N)=O. The fraction of sp³-hybridized carbons (Fsp3) is 0.455. The lowest BCUT2D eigenvalue weighted by molar-refractivity contribution is -0.137. The van der Waals surface area contributed by atoms with Crippen molar-refractivity contribution in [2.45, 2.75) is 58.3 Å². The third-order valence-corrected chi connectivity index (χ3v) is 4.69. The van der Waals surface area contributed by atoms with Gasteiger partial charge in [0.05, 0.1) is 28.0 Å². The zero-order valence-corrected chi connectivity index (χ0v) is 16.6. The van der Waals surface area contributed by atoms with Gasteiger partial charge in [0.2, 0.25) is 5.91 Å². The molecule has 0 aromatic carbocycles. The van der Waals surface area contributed by atoms with Crippen molar-refractivity contribution in [2.24, 2.45) is 11.7 Å². The Labute approximate surface area is 165 Å². The number of primary amides is 1. The third-order valence-electron chi connectivity index (χ3n) is 4.69. The summed E-state index contributed by atoms with van der Waals surface area (Å²) < 4.78 is 0. The van der Waals surface area contributed by atoms with Gasteiger partial charge in [-0.1, -0.05) is 44.2 Å². The summed E-state index contributed by atoms with van der Waals surface area (Å²) in [5, 5.41) is 10.3. The van der Waals surface area contributed by atoms with Crippen molar-refractivity contribution in [3.8, 4) is 0 Å². The first-order chi connectivity index (χ1) is 13.4. The van der Waals surface area contributed by atoms with E-state index in [2.05, 4.69) is 12.2 Å². The van der Waals surface area contributed by atoms with Gasteiger partial charge >= 0.3 is 5.97 Å². The molecule has 0 aliphatic heterocycles. The molecule has 0 saturated heterocycles. The van der Waals surface area contributed by atoms with Crippen LogP contribution in [0.4, 0.5) is 0 Å². The van der Waals surface area contributed by atoms with Crippen LogP contribution in [0.1, 0.15) is 63.3 Å². The van der Waals surface area contributed by atoms with Gasteiger partial charge in [-0.25, -0.2) is 9.97 Å². The van der Waals surface area contributed by atoms with Gasteiger partial charge in [-0.2, -0.15) is 0 Å². The first kappa shape index (κ1) is 21.5. The second-order valence-electron chi connectivity index (χ2n) is 7.05. The number of carbonyl (C=O) groups excluding carboxylic acids is 1. The molecule has 0 fully saturated rings. The van der Waals surface area contributed by atoms with Crippen LogP contribution in [0.5, 0.6) is 0 Å². The molecule has 2 unspecified atom stereocenters. The van der Waals surface area contributed by atoms with Crippen molar-refractivity contribution >= 4 is 24.0 Å². The number of nitrogens with zero attached hydrogens (tertiary/aromatic N) is 2. The summed E-state index contributed by atoms with van der Waals surface area (Å²) in [6.07, 6.45) is 15.8. The summed E-state index contributed by atoms with van der Waals surface area (Å²) in [4.78, 5) is 32.0. The van der Waals surface area contributed by atoms with Gasteiger partial charge in [0.15, 0.2) is 0 Å². The van der Waals surface area contributed by atoms with E-state index in [4.69, 9.17) is 20.8 Å². The molecule has 0 bridgehead atoms. The van der Waals surface area contributed by atoms with Crippen molar-refractivity contribution < 1.29 is 14.7 Å². The smallest absolute Gasteiger partial charge is 0.303 e. The summed E-state index contributed by atoms with van der Waals surface area (Å²) in [6, 6.07) is 0. The molecule has 3 N–H and O–H groups in total. The highest BCUT2D eigenvalue weighted by atomic mass is 16.4. The molecule has 2 rings (SSSR count). The Balaban J connectivity index is 2.49. The number of carboxylic acids is 1. The number of aliphatic carboxylic acids is 1. The number of rotatable bonds is 9. The van der Waals surface area contributed by atoms with Crippen LogP contribution >= 0.6 is 0 Å². The molecule has 0 spiro atoms. The number of unbranched alkanes of at least 4 members (excludes halogenated alkanes) is 1. The van der Waals surface area contributed by atoms with Gasteiger partial charge in [-0.15, -0.1) is 0 Å². The maximum Gasteiger partial charge on any atom is 0.303 e. The number of hydrogen-bond acceptors (Lipinski definition) is 4. The molecule has 1 heterocycles. The zero-order chi connectivity index (χ0) is 20.5. The lowest BCUT2D eigenvalue weighted by atomic mass is 9.93. The Bertz CT molecular complexity index is 887. The second-order valence-corrected chi connectivity index (χ2v) is 7.05. The van der Waals surface area contributed by atoms with Crippen molar-refractivity contribution in [1.82, 2.24) is 9.97 Å². The lowest BCUT2D eigenvalue weighted by Crippen LogP contribution is -2.36. The van der Waals surface area contributed by atoms with E-state index >= 15 is 0 Å². The van der Waals surface area contributed by atoms with Gasteiger partial charge in [-0.3, -0.25) is 9.59 Å². The Hall–Kier alpha value is -2.76. The van der Waals surface area contributed by atoms with Gasteiger partial charge in [0.25, 0.3) is 0 Å². The van der Waals surface area contributed by atoms with Crippen LogP contribution in [0.3, 0.4) is 0 Å². The number of allylic oxidation sites excluding steroid dienone is 4. The van der Waals surface area contributed by atoms with E-state index in [1.807, 2.05) is 25.2 Å². The molecule has 1 aliphatic carbocycles. The molecule has 2 atom stereocenters. The summed E-state index contributed by atoms with van der Waals surface area (Å²) in [7, 11) is 0. The van der Waals surface area contributed by atoms with Crippen molar-refractivity contribution in [3.63, 3.8) is 0 Å². The number of aromatic nitrogens is 2. The maximum atomic E-state index is 11.5. The molecule has 1 aliphatic rings. The van der Waals surface area contributed by atoms with Crippen LogP contribution in [0.2, 0.25) is 0 Å². The summed E-state index contributed by atoms with van der Waals surface area (Å²) >= 11 is 0. The molecule has 1 amide bonds. The second kappa shape index (κ2) is 10.5. The Kier molecular flexibility index (Phi) is 8.11. The fourth-order valence-corrected chi connectivity index (χ4v) is 3.13. The number of hydrogen-bond donors (Lipinski definition) is 2. The van der Waals surface area contributed by atoms with Crippen molar-refractivity contribution in [1.29, 1.82) is 0 Å². The highest BCUT2D eigenvalue weighted by molar-refractivity contribution is 5.81. The van der Waals surface area contributed by atoms with E-state index in [0.717, 1.165) is 36.0 Å². The van der Waals surface area contributed by atoms with Gasteiger partial charge in [-0.05, 0) is 38.2 Å². The molecule has 6 heteroatoms. The summed E-state index contributed by atoms with van der Waals surface area (Å²) in [5.74, 6) is -1.49. The summed E-state index contributed by atoms with van der Waals surface area (Å²) in [6.45, 7) is 3.78. The molecular formula is C22H29N3O3. The molecule has 28 heavy (non-hydrogen) atoms. The third kappa shape index (κ3) is 6.15. The standard InChI is InChI=1S/C22H29N3O3/c1-3-9-17-19(14-15(2)22(23)28)24-18(12-7-8-13-20(26)27)21(25-17)16-10-5-4-6-11-16/h4-6,9-10,14-16H,3,7-8,11-13H2,1-2H3,(H2,23,28)(H,26,27)/b17-9+,19-14+. The minimum atomic E-state index is -0.788. The van der Waals surface area contributed by atoms with Crippen molar-refractivity contribution in [2.75, 3.05) is 0 Å². The molecule has 0 radical (unpaired) electrons. The molecule has 150 valence electrons. The van der Waals surface area contributed by atoms with Crippen molar-refractivity contribution in [3.05, 3.63) is 46.4 Å². The van der Waals surface area contributed by atoms with Crippen LogP contribution in [0.15, 0.2) is 24.3 Å². The normalized spacial score (nSPS) is 18.4. The minimum absolute atomic E-state index is 0.147. The van der Waals surface area contributed by atoms with Gasteiger partial charge in [0.1, 0.15) is 0 Å². The average Bonchev–Trinajstić information content (AvgIpc) is 2.67. The van der Waals surface area contributed by atoms with Gasteiger partial charge in [0, 0.05) is 12.3 Å². The first-order valence-electron chi connectivity index (χ1n) is 9.85. The van der Waals surface area contributed by atoms with Crippen LogP contribution in [-0.2, 0) is 16.0 Å². The number of nitrogens with two attached hydrogens (primary N) is 1. The van der Waals surface area contributed by atoms with Gasteiger partial charge < -0.3 is 10.8 Å². The monoisotopic (exact) mass is 383 g/mol. The summed E-state index contributed by atoms with van der Waals surface area (Å²) in [5.41, 5.74) is 7.22. The Morgan fingerprint density at radius 2 is 2.07 bits per heavy atom. The maximum absolute atomic E-state index is 11.5. The molecule has 0 saturated carbocycles. The molecular weight excluding hydrogens is 354 g/mol. The van der Waals surface area contributed by atoms with Crippen LogP contribution in [0, 0.1) is 5.92 Å². The average molecular weight is 383 g/mol. The predicted octanol–water partition coefficient (Wildman–Crippen LogP) is 1.97. The van der Waals surface area contributed by atoms with Crippen LogP contribution in [0.25, 0.3) is 12.2 Å². The van der Waals surface area contributed by atoms with Crippen LogP contribution in [-0.4, -0.2) is 27.0 Å². The topological polar surface area (TPSA) is 106 Å². The van der Waals surface area contributed by atoms with E-state index < -0.39 is 17.8 Å². The Morgan fingerprint density at radius 3 is 2.68 bits per heavy atom. The van der Waals surface area contributed by atoms with E-state index in [0.29, 0.717) is 18.2 Å². The number of carbonyl (C=O) groups is 2. The highest BCUT2D eigenvalue weighted by Gasteiger charge is 2.17. The number of carboxylic acid groups (broad SMARTS) is 1. The fourth-order valence-electron chi connectivity index (χ4n) is 3.13. The molecule has 1 aromatic rings. The van der Waals surface area contributed by atoms with E-state index in [1.54, 1.807) is 13.0 Å². The minimum Gasteiger partial charge on any atom is -0.481 e. The number of aryl methyl sites for hydroxylation is 1. The lowest BCUT2D eigenvalue weighted by Gasteiger charge is -2.16.